The summed E-state index contributed by atoms with van der Waals surface area (Å²) in [5.41, 5.74) is 1.06. The smallest absolute Gasteiger partial charge is 0.228 e. The SMILES string of the molecule is O=C(Nc1ccc(Br)cc1)C1CCCN(S(=O)(=O)Cc2c(Cl)cccc2Cl)C1. The third kappa shape index (κ3) is 5.27. The highest BCUT2D eigenvalue weighted by atomic mass is 79.9. The second-order valence-electron chi connectivity index (χ2n) is 6.65. The van der Waals surface area contributed by atoms with Gasteiger partial charge in [-0.2, -0.15) is 0 Å². The summed E-state index contributed by atoms with van der Waals surface area (Å²) in [4.78, 5) is 12.6. The molecular formula is C19H19BrCl2N2O3S. The van der Waals surface area contributed by atoms with Crippen LogP contribution >= 0.6 is 39.1 Å². The van der Waals surface area contributed by atoms with Gasteiger partial charge in [-0.3, -0.25) is 4.79 Å². The predicted molar refractivity (Wildman–Crippen MR) is 116 cm³/mol. The van der Waals surface area contributed by atoms with Gasteiger partial charge < -0.3 is 5.32 Å². The summed E-state index contributed by atoms with van der Waals surface area (Å²) in [6.07, 6.45) is 1.26. The van der Waals surface area contributed by atoms with Gasteiger partial charge in [0.05, 0.1) is 11.7 Å². The Morgan fingerprint density at radius 1 is 1.14 bits per heavy atom. The molecule has 0 spiro atoms. The predicted octanol–water partition coefficient (Wildman–Crippen LogP) is 4.94. The van der Waals surface area contributed by atoms with E-state index in [0.717, 1.165) is 4.47 Å². The summed E-state index contributed by atoms with van der Waals surface area (Å²) in [5.74, 6) is -0.876. The molecule has 1 unspecified atom stereocenters. The minimum absolute atomic E-state index is 0.146. The van der Waals surface area contributed by atoms with Crippen LogP contribution in [0.5, 0.6) is 0 Å². The Labute approximate surface area is 183 Å². The van der Waals surface area contributed by atoms with Crippen molar-refractivity contribution in [3.8, 4) is 0 Å². The lowest BCUT2D eigenvalue weighted by Crippen LogP contribution is -2.44. The number of sulfonamides is 1. The van der Waals surface area contributed by atoms with Crippen LogP contribution in [0.2, 0.25) is 10.0 Å². The molecule has 1 fully saturated rings. The molecule has 0 radical (unpaired) electrons. The van der Waals surface area contributed by atoms with E-state index in [1.807, 2.05) is 12.1 Å². The van der Waals surface area contributed by atoms with Crippen LogP contribution in [0.15, 0.2) is 46.9 Å². The van der Waals surface area contributed by atoms with Crippen molar-refractivity contribution in [3.63, 3.8) is 0 Å². The highest BCUT2D eigenvalue weighted by Crippen LogP contribution is 2.29. The first-order valence-corrected chi connectivity index (χ1v) is 11.9. The maximum atomic E-state index is 12.9. The summed E-state index contributed by atoms with van der Waals surface area (Å²) in [6.45, 7) is 0.527. The number of hydrogen-bond donors (Lipinski definition) is 1. The largest absolute Gasteiger partial charge is 0.326 e. The lowest BCUT2D eigenvalue weighted by atomic mass is 9.99. The molecule has 1 atom stereocenters. The first-order valence-electron chi connectivity index (χ1n) is 8.73. The Balaban J connectivity index is 1.69. The second-order valence-corrected chi connectivity index (χ2v) is 10.3. The van der Waals surface area contributed by atoms with Gasteiger partial charge in [-0.15, -0.1) is 0 Å². The number of carbonyl (C=O) groups excluding carboxylic acids is 1. The Morgan fingerprint density at radius 3 is 2.43 bits per heavy atom. The van der Waals surface area contributed by atoms with Gasteiger partial charge >= 0.3 is 0 Å². The van der Waals surface area contributed by atoms with E-state index in [-0.39, 0.29) is 18.2 Å². The van der Waals surface area contributed by atoms with E-state index in [1.165, 1.54) is 4.31 Å². The molecule has 28 heavy (non-hydrogen) atoms. The van der Waals surface area contributed by atoms with Crippen molar-refractivity contribution in [2.75, 3.05) is 18.4 Å². The molecule has 1 aliphatic heterocycles. The number of anilines is 1. The van der Waals surface area contributed by atoms with Gasteiger partial charge in [-0.05, 0) is 49.2 Å². The molecule has 0 aromatic heterocycles. The molecule has 1 saturated heterocycles. The van der Waals surface area contributed by atoms with Crippen LogP contribution in [0.25, 0.3) is 0 Å². The number of rotatable bonds is 5. The van der Waals surface area contributed by atoms with Crippen molar-refractivity contribution >= 4 is 60.7 Å². The van der Waals surface area contributed by atoms with E-state index in [2.05, 4.69) is 21.2 Å². The Hall–Kier alpha value is -1.12. The fourth-order valence-corrected chi connectivity index (χ4v) is 5.76. The standard InChI is InChI=1S/C19H19BrCl2N2O3S/c20-14-6-8-15(9-7-14)23-19(25)13-3-2-10-24(11-13)28(26,27)12-16-17(21)4-1-5-18(16)22/h1,4-9,13H,2-3,10-12H2,(H,23,25). The van der Waals surface area contributed by atoms with E-state index in [4.69, 9.17) is 23.2 Å². The normalized spacial score (nSPS) is 18.0. The number of carbonyl (C=O) groups is 1. The molecule has 0 aliphatic carbocycles. The first kappa shape index (κ1) is 21.6. The monoisotopic (exact) mass is 504 g/mol. The van der Waals surface area contributed by atoms with Crippen molar-refractivity contribution in [2.24, 2.45) is 5.92 Å². The Morgan fingerprint density at radius 2 is 1.79 bits per heavy atom. The second kappa shape index (κ2) is 9.13. The molecule has 1 aliphatic rings. The Kier molecular flexibility index (Phi) is 7.04. The van der Waals surface area contributed by atoms with Crippen molar-refractivity contribution in [1.29, 1.82) is 0 Å². The highest BCUT2D eigenvalue weighted by molar-refractivity contribution is 9.10. The third-order valence-electron chi connectivity index (χ3n) is 4.65. The maximum absolute atomic E-state index is 12.9. The number of halogens is 3. The van der Waals surface area contributed by atoms with Crippen LogP contribution in [0.4, 0.5) is 5.69 Å². The van der Waals surface area contributed by atoms with E-state index in [0.29, 0.717) is 40.7 Å². The molecule has 2 aromatic rings. The molecule has 3 rings (SSSR count). The molecule has 9 heteroatoms. The van der Waals surface area contributed by atoms with Gasteiger partial charge in [0.1, 0.15) is 0 Å². The van der Waals surface area contributed by atoms with Gasteiger partial charge in [0, 0.05) is 38.9 Å². The van der Waals surface area contributed by atoms with E-state index in [9.17, 15) is 13.2 Å². The number of nitrogens with one attached hydrogen (secondary N) is 1. The van der Waals surface area contributed by atoms with Crippen molar-refractivity contribution in [2.45, 2.75) is 18.6 Å². The first-order chi connectivity index (χ1) is 13.3. The fourth-order valence-electron chi connectivity index (χ4n) is 3.13. The van der Waals surface area contributed by atoms with Crippen LogP contribution in [-0.2, 0) is 20.6 Å². The zero-order valence-corrected chi connectivity index (χ0v) is 18.8. The van der Waals surface area contributed by atoms with Gasteiger partial charge in [0.15, 0.2) is 0 Å². The topological polar surface area (TPSA) is 66.5 Å². The minimum atomic E-state index is -3.65. The zero-order valence-electron chi connectivity index (χ0n) is 14.9. The number of amides is 1. The van der Waals surface area contributed by atoms with Crippen molar-refractivity contribution in [3.05, 3.63) is 62.5 Å². The van der Waals surface area contributed by atoms with Gasteiger partial charge in [0.25, 0.3) is 0 Å². The number of nitrogens with zero attached hydrogens (tertiary/aromatic N) is 1. The van der Waals surface area contributed by atoms with Crippen LogP contribution in [0.3, 0.4) is 0 Å². The summed E-state index contributed by atoms with van der Waals surface area (Å²) in [5, 5.41) is 3.49. The molecule has 2 aromatic carbocycles. The number of hydrogen-bond acceptors (Lipinski definition) is 3. The summed E-state index contributed by atoms with van der Waals surface area (Å²) in [7, 11) is -3.65. The van der Waals surface area contributed by atoms with E-state index < -0.39 is 15.9 Å². The summed E-state index contributed by atoms with van der Waals surface area (Å²) >= 11 is 15.6. The minimum Gasteiger partial charge on any atom is -0.326 e. The summed E-state index contributed by atoms with van der Waals surface area (Å²) in [6, 6.07) is 12.1. The van der Waals surface area contributed by atoms with Gasteiger partial charge in [-0.25, -0.2) is 12.7 Å². The molecule has 1 amide bonds. The number of benzene rings is 2. The van der Waals surface area contributed by atoms with Crippen molar-refractivity contribution < 1.29 is 13.2 Å². The molecule has 150 valence electrons. The molecule has 0 bridgehead atoms. The lowest BCUT2D eigenvalue weighted by molar-refractivity contribution is -0.120. The van der Waals surface area contributed by atoms with Gasteiger partial charge in [-0.1, -0.05) is 45.2 Å². The van der Waals surface area contributed by atoms with Crippen LogP contribution in [0.1, 0.15) is 18.4 Å². The number of piperidine rings is 1. The highest BCUT2D eigenvalue weighted by Gasteiger charge is 2.33. The maximum Gasteiger partial charge on any atom is 0.228 e. The average Bonchev–Trinajstić information content (AvgIpc) is 2.67. The quantitative estimate of drug-likeness (QED) is 0.626. The third-order valence-corrected chi connectivity index (χ3v) is 7.66. The van der Waals surface area contributed by atoms with E-state index >= 15 is 0 Å². The molecule has 1 heterocycles. The van der Waals surface area contributed by atoms with Crippen LogP contribution in [0, 0.1) is 5.92 Å². The molecule has 0 saturated carbocycles. The molecular weight excluding hydrogens is 487 g/mol. The van der Waals surface area contributed by atoms with Crippen LogP contribution < -0.4 is 5.32 Å². The van der Waals surface area contributed by atoms with Crippen LogP contribution in [-0.4, -0.2) is 31.7 Å². The Bertz CT molecular complexity index is 947. The van der Waals surface area contributed by atoms with Crippen molar-refractivity contribution in [1.82, 2.24) is 4.31 Å². The van der Waals surface area contributed by atoms with E-state index in [1.54, 1.807) is 30.3 Å². The molecule has 5 nitrogen and oxygen atoms in total. The molecule has 1 N–H and O–H groups in total. The summed E-state index contributed by atoms with van der Waals surface area (Å²) < 4.78 is 28.1. The average molecular weight is 506 g/mol. The fraction of sp³-hybridized carbons (Fsp3) is 0.316. The zero-order chi connectivity index (χ0) is 20.3. The van der Waals surface area contributed by atoms with Gasteiger partial charge in [0.2, 0.25) is 15.9 Å². The lowest BCUT2D eigenvalue weighted by Gasteiger charge is -2.31.